The van der Waals surface area contributed by atoms with E-state index >= 15 is 0 Å². The van der Waals surface area contributed by atoms with Gasteiger partial charge in [0.25, 0.3) is 5.91 Å². The lowest BCUT2D eigenvalue weighted by Gasteiger charge is -2.12. The van der Waals surface area contributed by atoms with Crippen molar-refractivity contribution in [3.63, 3.8) is 0 Å². The van der Waals surface area contributed by atoms with E-state index in [0.29, 0.717) is 0 Å². The summed E-state index contributed by atoms with van der Waals surface area (Å²) in [4.78, 5) is 27.0. The molecule has 20 heavy (non-hydrogen) atoms. The van der Waals surface area contributed by atoms with Crippen LogP contribution in [0.15, 0.2) is 29.8 Å². The van der Waals surface area contributed by atoms with Crippen molar-refractivity contribution >= 4 is 34.5 Å². The van der Waals surface area contributed by atoms with Gasteiger partial charge in [0.2, 0.25) is 5.15 Å². The van der Waals surface area contributed by atoms with Crippen molar-refractivity contribution in [2.24, 2.45) is 0 Å². The average Bonchev–Trinajstić information content (AvgIpc) is 2.91. The number of nitro groups is 1. The first-order chi connectivity index (χ1) is 9.50. The summed E-state index contributed by atoms with van der Waals surface area (Å²) < 4.78 is 0. The van der Waals surface area contributed by atoms with Crippen LogP contribution in [0.3, 0.4) is 0 Å². The van der Waals surface area contributed by atoms with E-state index in [1.165, 1.54) is 23.6 Å². The molecule has 0 radical (unpaired) electrons. The van der Waals surface area contributed by atoms with Crippen molar-refractivity contribution in [3.8, 4) is 0 Å². The molecule has 6 nitrogen and oxygen atoms in total. The second-order valence-electron chi connectivity index (χ2n) is 3.97. The summed E-state index contributed by atoms with van der Waals surface area (Å²) in [7, 11) is 0. The number of carbonyl (C=O) groups excluding carboxylic acids is 1. The number of carbonyl (C=O) groups is 1. The maximum atomic E-state index is 12.1. The highest BCUT2D eigenvalue weighted by molar-refractivity contribution is 7.10. The quantitative estimate of drug-likeness (QED) is 0.534. The first kappa shape index (κ1) is 14.4. The van der Waals surface area contributed by atoms with Crippen LogP contribution in [0, 0.1) is 10.1 Å². The SMILES string of the molecule is CC(NC(=O)c1ccnc(Cl)c1[N+](=O)[O-])c1cccs1. The second kappa shape index (κ2) is 5.98. The summed E-state index contributed by atoms with van der Waals surface area (Å²) in [5.74, 6) is -0.554. The number of aromatic nitrogens is 1. The highest BCUT2D eigenvalue weighted by Crippen LogP contribution is 2.27. The third-order valence-corrected chi connectivity index (χ3v) is 3.96. The van der Waals surface area contributed by atoms with Gasteiger partial charge in [0.15, 0.2) is 0 Å². The molecule has 2 aromatic rings. The summed E-state index contributed by atoms with van der Waals surface area (Å²) >= 11 is 7.17. The van der Waals surface area contributed by atoms with Gasteiger partial charge < -0.3 is 5.32 Å². The minimum atomic E-state index is -0.708. The van der Waals surface area contributed by atoms with Gasteiger partial charge in [0.1, 0.15) is 5.56 Å². The summed E-state index contributed by atoms with van der Waals surface area (Å²) in [6.45, 7) is 1.80. The second-order valence-corrected chi connectivity index (χ2v) is 5.30. The van der Waals surface area contributed by atoms with E-state index in [1.807, 2.05) is 17.5 Å². The van der Waals surface area contributed by atoms with Gasteiger partial charge in [-0.2, -0.15) is 0 Å². The maximum absolute atomic E-state index is 12.1. The first-order valence-corrected chi connectivity index (χ1v) is 6.89. The number of rotatable bonds is 4. The number of thiophene rings is 1. The summed E-state index contributed by atoms with van der Waals surface area (Å²) in [5.41, 5.74) is -0.580. The normalized spacial score (nSPS) is 11.9. The molecule has 0 aliphatic rings. The molecule has 1 unspecified atom stereocenters. The van der Waals surface area contributed by atoms with Crippen LogP contribution in [-0.4, -0.2) is 15.8 Å². The first-order valence-electron chi connectivity index (χ1n) is 5.64. The van der Waals surface area contributed by atoms with Gasteiger partial charge >= 0.3 is 5.69 Å². The van der Waals surface area contributed by atoms with Crippen LogP contribution >= 0.6 is 22.9 Å². The Kier molecular flexibility index (Phi) is 4.31. The number of nitrogens with one attached hydrogen (secondary N) is 1. The van der Waals surface area contributed by atoms with Gasteiger partial charge in [0.05, 0.1) is 11.0 Å². The van der Waals surface area contributed by atoms with Gasteiger partial charge in [-0.25, -0.2) is 4.98 Å². The van der Waals surface area contributed by atoms with Crippen LogP contribution < -0.4 is 5.32 Å². The lowest BCUT2D eigenvalue weighted by molar-refractivity contribution is -0.385. The molecule has 2 heterocycles. The van der Waals surface area contributed by atoms with E-state index < -0.39 is 16.5 Å². The molecular weight excluding hydrogens is 302 g/mol. The fraction of sp³-hybridized carbons (Fsp3) is 0.167. The number of amides is 1. The molecule has 104 valence electrons. The Morgan fingerprint density at radius 2 is 2.30 bits per heavy atom. The topological polar surface area (TPSA) is 85.1 Å². The molecular formula is C12H10ClN3O3S. The molecule has 1 amide bonds. The van der Waals surface area contributed by atoms with Crippen molar-refractivity contribution in [1.29, 1.82) is 0 Å². The molecule has 2 aromatic heterocycles. The molecule has 0 aliphatic heterocycles. The number of halogens is 1. The van der Waals surface area contributed by atoms with Gasteiger partial charge in [0, 0.05) is 11.1 Å². The number of pyridine rings is 1. The van der Waals surface area contributed by atoms with E-state index in [0.717, 1.165) is 4.88 Å². The summed E-state index contributed by atoms with van der Waals surface area (Å²) in [5, 5.41) is 15.3. The Morgan fingerprint density at radius 3 is 2.90 bits per heavy atom. The van der Waals surface area contributed by atoms with E-state index in [-0.39, 0.29) is 16.8 Å². The van der Waals surface area contributed by atoms with E-state index in [9.17, 15) is 14.9 Å². The van der Waals surface area contributed by atoms with E-state index in [4.69, 9.17) is 11.6 Å². The Balaban J connectivity index is 2.26. The Bertz CT molecular complexity index is 645. The number of hydrogen-bond donors (Lipinski definition) is 1. The van der Waals surface area contributed by atoms with Crippen LogP contribution in [0.2, 0.25) is 5.15 Å². The zero-order chi connectivity index (χ0) is 14.7. The summed E-state index contributed by atoms with van der Waals surface area (Å²) in [6.07, 6.45) is 1.26. The molecule has 0 fully saturated rings. The highest BCUT2D eigenvalue weighted by atomic mass is 35.5. The molecule has 0 bridgehead atoms. The Morgan fingerprint density at radius 1 is 1.55 bits per heavy atom. The third-order valence-electron chi connectivity index (χ3n) is 2.62. The molecule has 1 atom stereocenters. The van der Waals surface area contributed by atoms with Crippen molar-refractivity contribution < 1.29 is 9.72 Å². The fourth-order valence-corrected chi connectivity index (χ4v) is 2.63. The smallest absolute Gasteiger partial charge is 0.319 e. The maximum Gasteiger partial charge on any atom is 0.319 e. The lowest BCUT2D eigenvalue weighted by Crippen LogP contribution is -2.27. The van der Waals surface area contributed by atoms with Gasteiger partial charge in [-0.05, 0) is 24.4 Å². The molecule has 0 aromatic carbocycles. The Labute approximate surface area is 123 Å². The van der Waals surface area contributed by atoms with Crippen LogP contribution in [0.25, 0.3) is 0 Å². The van der Waals surface area contributed by atoms with Crippen LogP contribution in [-0.2, 0) is 0 Å². The minimum Gasteiger partial charge on any atom is -0.344 e. The van der Waals surface area contributed by atoms with Crippen molar-refractivity contribution in [2.75, 3.05) is 0 Å². The van der Waals surface area contributed by atoms with Gasteiger partial charge in [-0.3, -0.25) is 14.9 Å². The van der Waals surface area contributed by atoms with E-state index in [2.05, 4.69) is 10.3 Å². The largest absolute Gasteiger partial charge is 0.344 e. The molecule has 1 N–H and O–H groups in total. The van der Waals surface area contributed by atoms with Gasteiger partial charge in [-0.1, -0.05) is 17.7 Å². The van der Waals surface area contributed by atoms with Crippen LogP contribution in [0.1, 0.15) is 28.2 Å². The predicted octanol–water partition coefficient (Wildman–Crippen LogP) is 3.20. The molecule has 8 heteroatoms. The Hall–Kier alpha value is -1.99. The molecule has 2 rings (SSSR count). The molecule has 0 saturated carbocycles. The van der Waals surface area contributed by atoms with E-state index in [1.54, 1.807) is 6.92 Å². The molecule has 0 spiro atoms. The molecule has 0 aliphatic carbocycles. The zero-order valence-corrected chi connectivity index (χ0v) is 11.9. The van der Waals surface area contributed by atoms with Crippen LogP contribution in [0.4, 0.5) is 5.69 Å². The van der Waals surface area contributed by atoms with Crippen molar-refractivity contribution in [2.45, 2.75) is 13.0 Å². The zero-order valence-electron chi connectivity index (χ0n) is 10.4. The predicted molar refractivity (Wildman–Crippen MR) is 76.1 cm³/mol. The highest BCUT2D eigenvalue weighted by Gasteiger charge is 2.25. The monoisotopic (exact) mass is 311 g/mol. The lowest BCUT2D eigenvalue weighted by atomic mass is 10.2. The standard InChI is InChI=1S/C12H10ClN3O3S/c1-7(9-3-2-6-20-9)15-12(17)8-4-5-14-11(13)10(8)16(18)19/h2-7H,1H3,(H,15,17). The fourth-order valence-electron chi connectivity index (χ4n) is 1.67. The van der Waals surface area contributed by atoms with Crippen LogP contribution in [0.5, 0.6) is 0 Å². The van der Waals surface area contributed by atoms with Gasteiger partial charge in [-0.15, -0.1) is 11.3 Å². The number of nitrogens with zero attached hydrogens (tertiary/aromatic N) is 2. The third kappa shape index (κ3) is 2.94. The number of hydrogen-bond acceptors (Lipinski definition) is 5. The summed E-state index contributed by atoms with van der Waals surface area (Å²) in [6, 6.07) is 4.78. The van der Waals surface area contributed by atoms with Crippen molar-refractivity contribution in [1.82, 2.24) is 10.3 Å². The molecule has 0 saturated heterocycles. The minimum absolute atomic E-state index is 0.0987. The van der Waals surface area contributed by atoms with Crippen molar-refractivity contribution in [3.05, 3.63) is 55.5 Å². The average molecular weight is 312 g/mol.